The van der Waals surface area contributed by atoms with Crippen LogP contribution >= 0.6 is 0 Å². The van der Waals surface area contributed by atoms with Crippen LogP contribution in [0.4, 0.5) is 0 Å². The maximum atomic E-state index is 12.1. The molecule has 1 rings (SSSR count). The highest BCUT2D eigenvalue weighted by atomic mass is 16.5. The molecule has 1 aliphatic heterocycles. The first kappa shape index (κ1) is 18.4. The molecular weight excluding hydrogens is 268 g/mol. The molecule has 0 aromatic rings. The number of ether oxygens (including phenoxy) is 2. The van der Waals surface area contributed by atoms with Crippen molar-refractivity contribution in [3.8, 4) is 0 Å². The fourth-order valence-corrected chi connectivity index (χ4v) is 3.23. The lowest BCUT2D eigenvalue weighted by molar-refractivity contribution is -0.148. The van der Waals surface area contributed by atoms with Crippen LogP contribution in [-0.4, -0.2) is 61.9 Å². The van der Waals surface area contributed by atoms with Crippen LogP contribution < -0.4 is 5.32 Å². The smallest absolute Gasteiger partial charge is 0.325 e. The summed E-state index contributed by atoms with van der Waals surface area (Å²) in [5, 5.41) is 3.28. The Morgan fingerprint density at radius 2 is 2.24 bits per heavy atom. The lowest BCUT2D eigenvalue weighted by Crippen LogP contribution is -2.54. The summed E-state index contributed by atoms with van der Waals surface area (Å²) in [5.41, 5.74) is -0.632. The molecule has 1 heterocycles. The van der Waals surface area contributed by atoms with Gasteiger partial charge in [0, 0.05) is 19.2 Å². The zero-order valence-corrected chi connectivity index (χ0v) is 14.3. The third-order valence-corrected chi connectivity index (χ3v) is 4.40. The van der Waals surface area contributed by atoms with Gasteiger partial charge in [0.2, 0.25) is 0 Å². The summed E-state index contributed by atoms with van der Waals surface area (Å²) < 4.78 is 10.7. The van der Waals surface area contributed by atoms with Gasteiger partial charge in [0.05, 0.1) is 13.2 Å². The number of nitrogens with zero attached hydrogens (tertiary/aromatic N) is 1. The van der Waals surface area contributed by atoms with E-state index >= 15 is 0 Å². The van der Waals surface area contributed by atoms with E-state index in [0.717, 1.165) is 45.5 Å². The van der Waals surface area contributed by atoms with E-state index in [1.54, 1.807) is 0 Å². The van der Waals surface area contributed by atoms with E-state index in [1.807, 2.05) is 13.8 Å². The standard InChI is InChI=1S/C16H32N2O3/c1-6-17-16(4,15(19)20-5)11-13(3)18(7-2)12-14-9-8-10-21-14/h13-14,17H,6-12H2,1-5H3. The molecular formula is C16H32N2O3. The first-order valence-electron chi connectivity index (χ1n) is 8.15. The van der Waals surface area contributed by atoms with Gasteiger partial charge < -0.3 is 14.8 Å². The first-order valence-corrected chi connectivity index (χ1v) is 8.15. The Labute approximate surface area is 129 Å². The average molecular weight is 300 g/mol. The van der Waals surface area contributed by atoms with Gasteiger partial charge in [0.1, 0.15) is 5.54 Å². The molecule has 0 aromatic heterocycles. The van der Waals surface area contributed by atoms with Gasteiger partial charge in [-0.15, -0.1) is 0 Å². The van der Waals surface area contributed by atoms with Gasteiger partial charge in [-0.3, -0.25) is 9.69 Å². The Morgan fingerprint density at radius 3 is 2.71 bits per heavy atom. The summed E-state index contributed by atoms with van der Waals surface area (Å²) in [6.07, 6.45) is 3.38. The van der Waals surface area contributed by atoms with Crippen LogP contribution in [-0.2, 0) is 14.3 Å². The highest BCUT2D eigenvalue weighted by Gasteiger charge is 2.36. The molecule has 0 saturated carbocycles. The largest absolute Gasteiger partial charge is 0.468 e. The Balaban J connectivity index is 2.64. The molecule has 1 N–H and O–H groups in total. The SMILES string of the molecule is CCNC(C)(CC(C)N(CC)CC1CCCO1)C(=O)OC. The fourth-order valence-electron chi connectivity index (χ4n) is 3.23. The summed E-state index contributed by atoms with van der Waals surface area (Å²) in [6, 6.07) is 0.294. The summed E-state index contributed by atoms with van der Waals surface area (Å²) in [7, 11) is 1.45. The van der Waals surface area contributed by atoms with Crippen molar-refractivity contribution in [3.63, 3.8) is 0 Å². The zero-order chi connectivity index (χ0) is 15.9. The number of carbonyl (C=O) groups excluding carboxylic acids is 1. The molecule has 0 aliphatic carbocycles. The van der Waals surface area contributed by atoms with E-state index in [-0.39, 0.29) is 5.97 Å². The van der Waals surface area contributed by atoms with Crippen LogP contribution in [0.5, 0.6) is 0 Å². The number of methoxy groups -OCH3 is 1. The van der Waals surface area contributed by atoms with Crippen LogP contribution in [0.1, 0.15) is 47.0 Å². The van der Waals surface area contributed by atoms with Crippen LogP contribution in [0, 0.1) is 0 Å². The van der Waals surface area contributed by atoms with Crippen molar-refractivity contribution < 1.29 is 14.3 Å². The Morgan fingerprint density at radius 1 is 1.52 bits per heavy atom. The third kappa shape index (κ3) is 5.24. The molecule has 0 bridgehead atoms. The molecule has 0 spiro atoms. The molecule has 3 unspecified atom stereocenters. The lowest BCUT2D eigenvalue weighted by Gasteiger charge is -2.36. The second-order valence-corrected chi connectivity index (χ2v) is 6.13. The van der Waals surface area contributed by atoms with Gasteiger partial charge in [-0.2, -0.15) is 0 Å². The third-order valence-electron chi connectivity index (χ3n) is 4.40. The second-order valence-electron chi connectivity index (χ2n) is 6.13. The lowest BCUT2D eigenvalue weighted by atomic mass is 9.92. The van der Waals surface area contributed by atoms with E-state index in [2.05, 4.69) is 24.1 Å². The van der Waals surface area contributed by atoms with Gasteiger partial charge in [0.15, 0.2) is 0 Å². The van der Waals surface area contributed by atoms with E-state index in [9.17, 15) is 4.79 Å². The molecule has 1 fully saturated rings. The number of rotatable bonds is 9. The maximum absolute atomic E-state index is 12.1. The quantitative estimate of drug-likeness (QED) is 0.658. The molecule has 5 nitrogen and oxygen atoms in total. The van der Waals surface area contributed by atoms with Crippen molar-refractivity contribution in [2.45, 2.75) is 64.6 Å². The van der Waals surface area contributed by atoms with Crippen molar-refractivity contribution >= 4 is 5.97 Å². The molecule has 0 radical (unpaired) electrons. The normalized spacial score (nSPS) is 23.0. The first-order chi connectivity index (χ1) is 9.96. The number of hydrogen-bond donors (Lipinski definition) is 1. The zero-order valence-electron chi connectivity index (χ0n) is 14.3. The number of carbonyl (C=O) groups is 1. The Kier molecular flexibility index (Phi) is 7.63. The summed E-state index contributed by atoms with van der Waals surface area (Å²) >= 11 is 0. The summed E-state index contributed by atoms with van der Waals surface area (Å²) in [5.74, 6) is -0.190. The number of nitrogens with one attached hydrogen (secondary N) is 1. The monoisotopic (exact) mass is 300 g/mol. The summed E-state index contributed by atoms with van der Waals surface area (Å²) in [4.78, 5) is 14.5. The highest BCUT2D eigenvalue weighted by molar-refractivity contribution is 5.80. The number of likely N-dealkylation sites (N-methyl/N-ethyl adjacent to an activating group) is 2. The fraction of sp³-hybridized carbons (Fsp3) is 0.938. The molecule has 0 aromatic carbocycles. The van der Waals surface area contributed by atoms with Crippen molar-refractivity contribution in [2.75, 3.05) is 33.4 Å². The van der Waals surface area contributed by atoms with E-state index in [4.69, 9.17) is 9.47 Å². The van der Waals surface area contributed by atoms with Gasteiger partial charge in [0.25, 0.3) is 0 Å². The molecule has 21 heavy (non-hydrogen) atoms. The van der Waals surface area contributed by atoms with Crippen molar-refractivity contribution in [1.82, 2.24) is 10.2 Å². The van der Waals surface area contributed by atoms with Gasteiger partial charge in [-0.05, 0) is 46.2 Å². The van der Waals surface area contributed by atoms with Crippen LogP contribution in [0.15, 0.2) is 0 Å². The predicted octanol–water partition coefficient (Wildman–Crippen LogP) is 1.81. The van der Waals surface area contributed by atoms with Gasteiger partial charge in [-0.25, -0.2) is 0 Å². The van der Waals surface area contributed by atoms with Crippen LogP contribution in [0.25, 0.3) is 0 Å². The molecule has 5 heteroatoms. The molecule has 1 saturated heterocycles. The van der Waals surface area contributed by atoms with E-state index in [1.165, 1.54) is 7.11 Å². The summed E-state index contributed by atoms with van der Waals surface area (Å²) in [6.45, 7) is 11.8. The molecule has 3 atom stereocenters. The average Bonchev–Trinajstić information content (AvgIpc) is 2.96. The van der Waals surface area contributed by atoms with E-state index in [0.29, 0.717) is 12.1 Å². The highest BCUT2D eigenvalue weighted by Crippen LogP contribution is 2.20. The minimum atomic E-state index is -0.632. The van der Waals surface area contributed by atoms with E-state index < -0.39 is 5.54 Å². The molecule has 1 aliphatic rings. The second kappa shape index (κ2) is 8.71. The van der Waals surface area contributed by atoms with Crippen LogP contribution in [0.3, 0.4) is 0 Å². The Bertz CT molecular complexity index is 319. The topological polar surface area (TPSA) is 50.8 Å². The Hall–Kier alpha value is -0.650. The molecule has 0 amide bonds. The van der Waals surface area contributed by atoms with Crippen molar-refractivity contribution in [1.29, 1.82) is 0 Å². The minimum absolute atomic E-state index is 0.190. The van der Waals surface area contributed by atoms with Crippen molar-refractivity contribution in [2.24, 2.45) is 0 Å². The number of hydrogen-bond acceptors (Lipinski definition) is 5. The maximum Gasteiger partial charge on any atom is 0.325 e. The molecule has 124 valence electrons. The van der Waals surface area contributed by atoms with Gasteiger partial charge >= 0.3 is 5.97 Å². The minimum Gasteiger partial charge on any atom is -0.468 e. The van der Waals surface area contributed by atoms with Crippen molar-refractivity contribution in [3.05, 3.63) is 0 Å². The van der Waals surface area contributed by atoms with Crippen LogP contribution in [0.2, 0.25) is 0 Å². The van der Waals surface area contributed by atoms with Gasteiger partial charge in [-0.1, -0.05) is 13.8 Å². The number of esters is 1. The predicted molar refractivity (Wildman–Crippen MR) is 84.4 cm³/mol.